The highest BCUT2D eigenvalue weighted by Crippen LogP contribution is 2.26. The van der Waals surface area contributed by atoms with E-state index in [-0.39, 0.29) is 0 Å². The van der Waals surface area contributed by atoms with Gasteiger partial charge in [-0.25, -0.2) is 4.98 Å². The molecular weight excluding hydrogens is 262 g/mol. The topological polar surface area (TPSA) is 39.1 Å². The van der Waals surface area contributed by atoms with Crippen molar-refractivity contribution in [2.45, 2.75) is 39.2 Å². The van der Waals surface area contributed by atoms with Gasteiger partial charge in [0.2, 0.25) is 5.95 Å². The van der Waals surface area contributed by atoms with E-state index in [9.17, 15) is 0 Å². The number of aromatic nitrogens is 2. The summed E-state index contributed by atoms with van der Waals surface area (Å²) in [5.74, 6) is 0.918. The van der Waals surface area contributed by atoms with Crippen molar-refractivity contribution in [3.8, 4) is 0 Å². The largest absolute Gasteiger partial charge is 0.385 e. The van der Waals surface area contributed by atoms with Gasteiger partial charge in [-0.1, -0.05) is 6.07 Å². The van der Waals surface area contributed by atoms with Crippen molar-refractivity contribution in [1.29, 1.82) is 0 Å². The van der Waals surface area contributed by atoms with E-state index in [1.165, 1.54) is 30.4 Å². The third-order valence-electron chi connectivity index (χ3n) is 4.00. The Morgan fingerprint density at radius 2 is 2.14 bits per heavy atom. The number of rotatable bonds is 6. The number of fused-ring (bicyclic) bond motifs is 1. The number of ether oxygens (including phenoxy) is 1. The van der Waals surface area contributed by atoms with Crippen LogP contribution < -0.4 is 5.32 Å². The molecule has 0 saturated carbocycles. The minimum absolute atomic E-state index is 0.773. The molecule has 1 N–H and O–H groups in total. The van der Waals surface area contributed by atoms with Crippen molar-refractivity contribution in [3.05, 3.63) is 41.2 Å². The van der Waals surface area contributed by atoms with Crippen molar-refractivity contribution >= 4 is 11.6 Å². The van der Waals surface area contributed by atoms with E-state index >= 15 is 0 Å². The lowest BCUT2D eigenvalue weighted by molar-refractivity contribution is 0.190. The first kappa shape index (κ1) is 14.1. The molecule has 21 heavy (non-hydrogen) atoms. The summed E-state index contributed by atoms with van der Waals surface area (Å²) in [7, 11) is 1.74. The average Bonchev–Trinajstić information content (AvgIpc) is 3.06. The van der Waals surface area contributed by atoms with Crippen LogP contribution in [0.5, 0.6) is 0 Å². The number of benzene rings is 1. The van der Waals surface area contributed by atoms with E-state index in [1.54, 1.807) is 7.11 Å². The van der Waals surface area contributed by atoms with E-state index in [0.29, 0.717) is 0 Å². The Labute approximate surface area is 126 Å². The van der Waals surface area contributed by atoms with Gasteiger partial charge in [0.15, 0.2) is 0 Å². The normalized spacial score (nSPS) is 13.4. The maximum Gasteiger partial charge on any atom is 0.207 e. The highest BCUT2D eigenvalue weighted by Gasteiger charge is 2.12. The predicted molar refractivity (Wildman–Crippen MR) is 85.2 cm³/mol. The van der Waals surface area contributed by atoms with Crippen LogP contribution in [0.2, 0.25) is 0 Å². The zero-order valence-corrected chi connectivity index (χ0v) is 12.9. The molecule has 1 aliphatic carbocycles. The number of methoxy groups -OCH3 is 1. The lowest BCUT2D eigenvalue weighted by Crippen LogP contribution is -2.05. The number of anilines is 2. The highest BCUT2D eigenvalue weighted by atomic mass is 16.5. The fourth-order valence-electron chi connectivity index (χ4n) is 2.97. The van der Waals surface area contributed by atoms with Crippen molar-refractivity contribution in [2.24, 2.45) is 0 Å². The zero-order valence-electron chi connectivity index (χ0n) is 12.9. The van der Waals surface area contributed by atoms with Crippen LogP contribution in [0.4, 0.5) is 11.6 Å². The molecule has 4 heteroatoms. The minimum atomic E-state index is 0.773. The minimum Gasteiger partial charge on any atom is -0.385 e. The summed E-state index contributed by atoms with van der Waals surface area (Å²) in [6.07, 6.45) is 6.78. The molecule has 0 radical (unpaired) electrons. The fourth-order valence-corrected chi connectivity index (χ4v) is 2.97. The molecular formula is C17H23N3O. The smallest absolute Gasteiger partial charge is 0.207 e. The SMILES string of the molecule is COCCCn1cc(C)nc1Nc1ccc2c(c1)CCC2. The lowest BCUT2D eigenvalue weighted by Gasteiger charge is -2.11. The maximum absolute atomic E-state index is 5.12. The first-order valence-electron chi connectivity index (χ1n) is 7.68. The molecule has 0 amide bonds. The molecule has 1 aromatic heterocycles. The third kappa shape index (κ3) is 3.27. The summed E-state index contributed by atoms with van der Waals surface area (Å²) in [5, 5.41) is 3.46. The number of hydrogen-bond donors (Lipinski definition) is 1. The Morgan fingerprint density at radius 3 is 3.00 bits per heavy atom. The maximum atomic E-state index is 5.12. The second kappa shape index (κ2) is 6.31. The third-order valence-corrected chi connectivity index (χ3v) is 4.00. The van der Waals surface area contributed by atoms with Crippen LogP contribution in [-0.2, 0) is 24.1 Å². The molecule has 112 valence electrons. The van der Waals surface area contributed by atoms with Crippen LogP contribution in [0.3, 0.4) is 0 Å². The van der Waals surface area contributed by atoms with Gasteiger partial charge in [-0.05, 0) is 55.9 Å². The quantitative estimate of drug-likeness (QED) is 0.826. The van der Waals surface area contributed by atoms with Crippen LogP contribution in [0.1, 0.15) is 29.7 Å². The second-order valence-corrected chi connectivity index (χ2v) is 5.71. The standard InChI is InChI=1S/C17H23N3O/c1-13-12-20(9-4-10-21-2)17(18-13)19-16-8-7-14-5-3-6-15(14)11-16/h7-8,11-12H,3-6,9-10H2,1-2H3,(H,18,19). The average molecular weight is 285 g/mol. The molecule has 0 aliphatic heterocycles. The second-order valence-electron chi connectivity index (χ2n) is 5.71. The van der Waals surface area contributed by atoms with Gasteiger partial charge >= 0.3 is 0 Å². The van der Waals surface area contributed by atoms with Crippen LogP contribution in [0, 0.1) is 6.92 Å². The van der Waals surface area contributed by atoms with Crippen molar-refractivity contribution in [2.75, 3.05) is 19.0 Å². The summed E-state index contributed by atoms with van der Waals surface area (Å²) >= 11 is 0. The number of nitrogens with zero attached hydrogens (tertiary/aromatic N) is 2. The first-order chi connectivity index (χ1) is 10.3. The van der Waals surface area contributed by atoms with Crippen LogP contribution in [0.25, 0.3) is 0 Å². The molecule has 4 nitrogen and oxygen atoms in total. The van der Waals surface area contributed by atoms with Crippen molar-refractivity contribution in [3.63, 3.8) is 0 Å². The molecule has 0 unspecified atom stereocenters. The zero-order chi connectivity index (χ0) is 14.7. The van der Waals surface area contributed by atoms with Gasteiger partial charge in [-0.15, -0.1) is 0 Å². The van der Waals surface area contributed by atoms with Gasteiger partial charge in [0.1, 0.15) is 0 Å². The van der Waals surface area contributed by atoms with E-state index in [1.807, 2.05) is 6.92 Å². The molecule has 1 heterocycles. The molecule has 0 bridgehead atoms. The lowest BCUT2D eigenvalue weighted by atomic mass is 10.1. The molecule has 0 saturated heterocycles. The molecule has 3 rings (SSSR count). The Morgan fingerprint density at radius 1 is 1.29 bits per heavy atom. The Balaban J connectivity index is 1.75. The van der Waals surface area contributed by atoms with E-state index in [0.717, 1.165) is 36.9 Å². The van der Waals surface area contributed by atoms with Crippen molar-refractivity contribution < 1.29 is 4.74 Å². The summed E-state index contributed by atoms with van der Waals surface area (Å²) in [6, 6.07) is 6.68. The Kier molecular flexibility index (Phi) is 4.25. The number of aryl methyl sites for hydroxylation is 4. The summed E-state index contributed by atoms with van der Waals surface area (Å²) in [4.78, 5) is 4.59. The monoisotopic (exact) mass is 285 g/mol. The molecule has 0 atom stereocenters. The van der Waals surface area contributed by atoms with E-state index < -0.39 is 0 Å². The number of imidazole rings is 1. The summed E-state index contributed by atoms with van der Waals surface area (Å²) in [5.41, 5.74) is 5.15. The van der Waals surface area contributed by atoms with Crippen LogP contribution in [-0.4, -0.2) is 23.3 Å². The Hall–Kier alpha value is -1.81. The van der Waals surface area contributed by atoms with Crippen LogP contribution >= 0.6 is 0 Å². The highest BCUT2D eigenvalue weighted by molar-refractivity contribution is 5.57. The summed E-state index contributed by atoms with van der Waals surface area (Å²) < 4.78 is 7.29. The molecule has 2 aromatic rings. The summed E-state index contributed by atoms with van der Waals surface area (Å²) in [6.45, 7) is 3.72. The molecule has 1 aromatic carbocycles. The number of hydrogen-bond acceptors (Lipinski definition) is 3. The van der Waals surface area contributed by atoms with Gasteiger partial charge in [0, 0.05) is 32.1 Å². The van der Waals surface area contributed by atoms with Crippen molar-refractivity contribution in [1.82, 2.24) is 9.55 Å². The van der Waals surface area contributed by atoms with Gasteiger partial charge < -0.3 is 14.6 Å². The predicted octanol–water partition coefficient (Wildman–Crippen LogP) is 3.46. The van der Waals surface area contributed by atoms with E-state index in [2.05, 4.69) is 39.3 Å². The van der Waals surface area contributed by atoms with Crippen LogP contribution in [0.15, 0.2) is 24.4 Å². The van der Waals surface area contributed by atoms with E-state index in [4.69, 9.17) is 4.74 Å². The van der Waals surface area contributed by atoms with Gasteiger partial charge in [0.05, 0.1) is 5.69 Å². The number of nitrogens with one attached hydrogen (secondary N) is 1. The van der Waals surface area contributed by atoms with Gasteiger partial charge in [0.25, 0.3) is 0 Å². The fraction of sp³-hybridized carbons (Fsp3) is 0.471. The van der Waals surface area contributed by atoms with Gasteiger partial charge in [-0.2, -0.15) is 0 Å². The first-order valence-corrected chi connectivity index (χ1v) is 7.68. The Bertz CT molecular complexity index is 618. The molecule has 1 aliphatic rings. The van der Waals surface area contributed by atoms with Gasteiger partial charge in [-0.3, -0.25) is 0 Å². The molecule has 0 fully saturated rings. The molecule has 0 spiro atoms.